The molecule has 7 heteroatoms. The number of pyridine rings is 1. The minimum atomic E-state index is -0.660. The van der Waals surface area contributed by atoms with Gasteiger partial charge in [0.25, 0.3) is 0 Å². The van der Waals surface area contributed by atoms with Crippen molar-refractivity contribution in [3.05, 3.63) is 54.7 Å². The van der Waals surface area contributed by atoms with E-state index in [1.54, 1.807) is 13.3 Å². The number of hydrogen-bond acceptors (Lipinski definition) is 6. The Morgan fingerprint density at radius 3 is 2.87 bits per heavy atom. The fraction of sp³-hybridized carbons (Fsp3) is 0.304. The number of carbonyl (C=O) groups is 1. The number of aromatic nitrogens is 1. The third-order valence-corrected chi connectivity index (χ3v) is 5.12. The van der Waals surface area contributed by atoms with Gasteiger partial charge in [0.15, 0.2) is 0 Å². The Labute approximate surface area is 175 Å². The maximum atomic E-state index is 11.4. The van der Waals surface area contributed by atoms with Crippen LogP contribution in [0.15, 0.2) is 54.7 Å². The van der Waals surface area contributed by atoms with E-state index >= 15 is 0 Å². The molecule has 1 saturated heterocycles. The third-order valence-electron chi connectivity index (χ3n) is 5.12. The second-order valence-corrected chi connectivity index (χ2v) is 7.33. The molecule has 0 radical (unpaired) electrons. The van der Waals surface area contributed by atoms with E-state index in [2.05, 4.69) is 16.4 Å². The van der Waals surface area contributed by atoms with Crippen LogP contribution in [0.1, 0.15) is 0 Å². The van der Waals surface area contributed by atoms with Crippen molar-refractivity contribution in [2.45, 2.75) is 6.10 Å². The van der Waals surface area contributed by atoms with Gasteiger partial charge in [-0.3, -0.25) is 9.69 Å². The highest BCUT2D eigenvalue weighted by atomic mass is 16.5. The monoisotopic (exact) mass is 407 g/mol. The molecule has 2 heterocycles. The minimum Gasteiger partial charge on any atom is -0.491 e. The highest BCUT2D eigenvalue weighted by Crippen LogP contribution is 2.31. The smallest absolute Gasteiger partial charge is 0.234 e. The average Bonchev–Trinajstić information content (AvgIpc) is 2.77. The van der Waals surface area contributed by atoms with E-state index in [0.717, 1.165) is 28.4 Å². The summed E-state index contributed by atoms with van der Waals surface area (Å²) in [5, 5.41) is 15.2. The van der Waals surface area contributed by atoms with E-state index in [-0.39, 0.29) is 12.5 Å². The molecule has 4 rings (SSSR count). The molecule has 0 aliphatic carbocycles. The van der Waals surface area contributed by atoms with Crippen LogP contribution in [0.4, 0.5) is 0 Å². The Balaban J connectivity index is 1.42. The van der Waals surface area contributed by atoms with Crippen molar-refractivity contribution in [1.82, 2.24) is 15.2 Å². The highest BCUT2D eigenvalue weighted by molar-refractivity contribution is 5.89. The first-order valence-electron chi connectivity index (χ1n) is 9.95. The van der Waals surface area contributed by atoms with Gasteiger partial charge in [-0.15, -0.1) is 0 Å². The molecule has 1 amide bonds. The maximum Gasteiger partial charge on any atom is 0.234 e. The van der Waals surface area contributed by atoms with Crippen molar-refractivity contribution in [3.63, 3.8) is 0 Å². The van der Waals surface area contributed by atoms with Gasteiger partial charge in [-0.2, -0.15) is 0 Å². The summed E-state index contributed by atoms with van der Waals surface area (Å²) < 4.78 is 11.2. The van der Waals surface area contributed by atoms with Crippen LogP contribution in [0.3, 0.4) is 0 Å². The number of benzene rings is 2. The summed E-state index contributed by atoms with van der Waals surface area (Å²) in [7, 11) is 1.62. The zero-order valence-corrected chi connectivity index (χ0v) is 16.9. The van der Waals surface area contributed by atoms with Crippen LogP contribution in [0.2, 0.25) is 0 Å². The molecular formula is C23H25N3O4. The molecule has 3 aromatic rings. The topological polar surface area (TPSA) is 83.9 Å². The number of nitrogens with zero attached hydrogens (tertiary/aromatic N) is 2. The Morgan fingerprint density at radius 1 is 1.20 bits per heavy atom. The molecule has 156 valence electrons. The first-order valence-corrected chi connectivity index (χ1v) is 9.95. The van der Waals surface area contributed by atoms with E-state index in [1.165, 1.54) is 0 Å². The molecule has 1 fully saturated rings. The van der Waals surface area contributed by atoms with Gasteiger partial charge in [-0.1, -0.05) is 18.2 Å². The number of nitrogens with one attached hydrogen (secondary N) is 1. The number of piperazine rings is 1. The Bertz CT molecular complexity index is 1040. The van der Waals surface area contributed by atoms with E-state index in [0.29, 0.717) is 31.3 Å². The minimum absolute atomic E-state index is 0.00725. The molecule has 2 aromatic carbocycles. The molecule has 0 spiro atoms. The van der Waals surface area contributed by atoms with Gasteiger partial charge in [-0.05, 0) is 46.7 Å². The van der Waals surface area contributed by atoms with Crippen molar-refractivity contribution in [1.29, 1.82) is 0 Å². The zero-order chi connectivity index (χ0) is 20.9. The summed E-state index contributed by atoms with van der Waals surface area (Å²) in [5.41, 5.74) is 1.97. The standard InChI is InChI=1S/C23H25N3O4/c1-29-23-21(3-2-8-25-23)18-5-4-17-12-20(7-6-16(17)11-18)30-15-19(27)13-26-10-9-24-22(28)14-26/h2-8,11-12,19,27H,9-10,13-15H2,1H3,(H,24,28). The summed E-state index contributed by atoms with van der Waals surface area (Å²) in [6.45, 7) is 2.26. The first-order chi connectivity index (χ1) is 14.6. The van der Waals surface area contributed by atoms with E-state index < -0.39 is 6.10 Å². The van der Waals surface area contributed by atoms with Crippen molar-refractivity contribution >= 4 is 16.7 Å². The molecular weight excluding hydrogens is 382 g/mol. The van der Waals surface area contributed by atoms with Gasteiger partial charge in [-0.25, -0.2) is 4.98 Å². The van der Waals surface area contributed by atoms with Gasteiger partial charge >= 0.3 is 0 Å². The Morgan fingerprint density at radius 2 is 2.03 bits per heavy atom. The molecule has 7 nitrogen and oxygen atoms in total. The van der Waals surface area contributed by atoms with Gasteiger partial charge in [0, 0.05) is 31.4 Å². The van der Waals surface area contributed by atoms with Gasteiger partial charge < -0.3 is 19.9 Å². The number of β-amino-alcohol motifs (C(OH)–C–C–N with tert-alkyl or cyclic N) is 1. The van der Waals surface area contributed by atoms with Gasteiger partial charge in [0.1, 0.15) is 18.5 Å². The van der Waals surface area contributed by atoms with Crippen molar-refractivity contribution < 1.29 is 19.4 Å². The zero-order valence-electron chi connectivity index (χ0n) is 16.9. The van der Waals surface area contributed by atoms with E-state index in [1.807, 2.05) is 47.4 Å². The van der Waals surface area contributed by atoms with Crippen LogP contribution < -0.4 is 14.8 Å². The summed E-state index contributed by atoms with van der Waals surface area (Å²) in [6.07, 6.45) is 1.05. The Hall–Kier alpha value is -3.16. The normalized spacial score (nSPS) is 15.6. The summed E-state index contributed by atoms with van der Waals surface area (Å²) in [6, 6.07) is 15.9. The van der Waals surface area contributed by atoms with Gasteiger partial charge in [0.2, 0.25) is 11.8 Å². The summed E-state index contributed by atoms with van der Waals surface area (Å²) in [5.74, 6) is 1.29. The Kier molecular flexibility index (Phi) is 6.11. The largest absolute Gasteiger partial charge is 0.491 e. The SMILES string of the molecule is COc1ncccc1-c1ccc2cc(OCC(O)CN3CCNC(=O)C3)ccc2c1. The third kappa shape index (κ3) is 4.69. The molecule has 1 aliphatic rings. The predicted octanol–water partition coefficient (Wildman–Crippen LogP) is 2.08. The van der Waals surface area contributed by atoms with Crippen LogP contribution in [0.25, 0.3) is 21.9 Å². The molecule has 2 N–H and O–H groups in total. The number of hydrogen-bond donors (Lipinski definition) is 2. The average molecular weight is 407 g/mol. The number of amides is 1. The summed E-state index contributed by atoms with van der Waals surface area (Å²) >= 11 is 0. The first kappa shape index (κ1) is 20.1. The van der Waals surface area contributed by atoms with Gasteiger partial charge in [0.05, 0.1) is 13.7 Å². The maximum absolute atomic E-state index is 11.4. The van der Waals surface area contributed by atoms with Crippen LogP contribution in [0.5, 0.6) is 11.6 Å². The second-order valence-electron chi connectivity index (χ2n) is 7.33. The lowest BCUT2D eigenvalue weighted by Crippen LogP contribution is -2.50. The molecule has 1 atom stereocenters. The van der Waals surface area contributed by atoms with E-state index in [4.69, 9.17) is 9.47 Å². The number of methoxy groups -OCH3 is 1. The van der Waals surface area contributed by atoms with Crippen molar-refractivity contribution in [3.8, 4) is 22.8 Å². The fourth-order valence-corrected chi connectivity index (χ4v) is 3.64. The number of aliphatic hydroxyl groups is 1. The van der Waals surface area contributed by atoms with Crippen molar-refractivity contribution in [2.24, 2.45) is 0 Å². The quantitative estimate of drug-likeness (QED) is 0.624. The lowest BCUT2D eigenvalue weighted by molar-refractivity contribution is -0.124. The second kappa shape index (κ2) is 9.11. The van der Waals surface area contributed by atoms with Crippen LogP contribution in [0, 0.1) is 0 Å². The van der Waals surface area contributed by atoms with Crippen LogP contribution >= 0.6 is 0 Å². The number of aliphatic hydroxyl groups excluding tert-OH is 1. The highest BCUT2D eigenvalue weighted by Gasteiger charge is 2.19. The number of ether oxygens (including phenoxy) is 2. The molecule has 1 aromatic heterocycles. The number of fused-ring (bicyclic) bond motifs is 1. The van der Waals surface area contributed by atoms with Crippen molar-refractivity contribution in [2.75, 3.05) is 39.9 Å². The predicted molar refractivity (Wildman–Crippen MR) is 115 cm³/mol. The fourth-order valence-electron chi connectivity index (χ4n) is 3.64. The molecule has 30 heavy (non-hydrogen) atoms. The lowest BCUT2D eigenvalue weighted by atomic mass is 10.0. The molecule has 1 unspecified atom stereocenters. The van der Waals surface area contributed by atoms with Crippen LogP contribution in [-0.2, 0) is 4.79 Å². The lowest BCUT2D eigenvalue weighted by Gasteiger charge is -2.28. The number of carbonyl (C=O) groups excluding carboxylic acids is 1. The van der Waals surface area contributed by atoms with Crippen LogP contribution in [-0.4, -0.2) is 66.9 Å². The number of rotatable bonds is 7. The molecule has 0 saturated carbocycles. The summed E-state index contributed by atoms with van der Waals surface area (Å²) in [4.78, 5) is 17.6. The molecule has 1 aliphatic heterocycles. The molecule has 0 bridgehead atoms. The van der Waals surface area contributed by atoms with E-state index in [9.17, 15) is 9.90 Å².